The number of aliphatic hydroxyl groups excluding tert-OH is 4. The lowest BCUT2D eigenvalue weighted by Crippen LogP contribution is -2.74. The molecule has 0 spiro atoms. The average molecular weight is 351 g/mol. The summed E-state index contributed by atoms with van der Waals surface area (Å²) >= 11 is 0. The van der Waals surface area contributed by atoms with Crippen molar-refractivity contribution in [1.82, 2.24) is 16.0 Å². The number of nitrogens with one attached hydrogen (secondary N) is 3. The van der Waals surface area contributed by atoms with Gasteiger partial charge in [-0.15, -0.1) is 0 Å². The zero-order chi connectivity index (χ0) is 18.3. The molecule has 11 heteroatoms. The fourth-order valence-electron chi connectivity index (χ4n) is 2.76. The fourth-order valence-corrected chi connectivity index (χ4v) is 2.76. The van der Waals surface area contributed by atoms with Crippen LogP contribution < -0.4 is 16.0 Å². The van der Waals surface area contributed by atoms with E-state index < -0.39 is 61.5 Å². The summed E-state index contributed by atoms with van der Waals surface area (Å²) in [5.74, 6) is -2.39. The van der Waals surface area contributed by atoms with Crippen LogP contribution >= 0.6 is 0 Å². The molecule has 0 aromatic rings. The largest absolute Gasteiger partial charge is 0.480 e. The predicted molar refractivity (Wildman–Crippen MR) is 80.4 cm³/mol. The Morgan fingerprint density at radius 3 is 1.46 bits per heavy atom. The topological polar surface area (TPSA) is 192 Å². The van der Waals surface area contributed by atoms with E-state index in [2.05, 4.69) is 16.0 Å². The van der Waals surface area contributed by atoms with Crippen LogP contribution in [0.5, 0.6) is 0 Å². The number of aliphatic carboxylic acids is 2. The standard InChI is InChI=1S/C13H25N3O8/c17-3-1-2-14-8-11(22)9(15-4-6(18)19)13(24)10(12(8)23)16-5-7(20)21/h8-17,22-24H,1-5H2,(H,18,19)(H,20,21)/t8-,9+,10-,11+,12-,13+. The Morgan fingerprint density at radius 1 is 0.750 bits per heavy atom. The van der Waals surface area contributed by atoms with Gasteiger partial charge in [0.15, 0.2) is 0 Å². The summed E-state index contributed by atoms with van der Waals surface area (Å²) in [6.07, 6.45) is -3.70. The van der Waals surface area contributed by atoms with Gasteiger partial charge in [0, 0.05) is 6.61 Å². The van der Waals surface area contributed by atoms with E-state index in [-0.39, 0.29) is 13.2 Å². The van der Waals surface area contributed by atoms with Crippen LogP contribution in [0.2, 0.25) is 0 Å². The number of rotatable bonds is 10. The molecule has 0 unspecified atom stereocenters. The molecule has 0 saturated heterocycles. The summed E-state index contributed by atoms with van der Waals surface area (Å²) in [6.45, 7) is -0.883. The molecule has 1 aliphatic rings. The van der Waals surface area contributed by atoms with Crippen LogP contribution in [0.15, 0.2) is 0 Å². The molecule has 6 atom stereocenters. The van der Waals surface area contributed by atoms with Crippen LogP contribution in [0.3, 0.4) is 0 Å². The Labute approximate surface area is 138 Å². The second kappa shape index (κ2) is 9.84. The van der Waals surface area contributed by atoms with Gasteiger partial charge in [-0.1, -0.05) is 0 Å². The number of hydrogen-bond donors (Lipinski definition) is 9. The van der Waals surface area contributed by atoms with Crippen molar-refractivity contribution in [3.8, 4) is 0 Å². The Kier molecular flexibility index (Phi) is 8.48. The van der Waals surface area contributed by atoms with Crippen LogP contribution in [0.25, 0.3) is 0 Å². The monoisotopic (exact) mass is 351 g/mol. The molecule has 0 heterocycles. The van der Waals surface area contributed by atoms with Crippen LogP contribution in [-0.2, 0) is 9.59 Å². The zero-order valence-corrected chi connectivity index (χ0v) is 13.0. The maximum Gasteiger partial charge on any atom is 0.317 e. The van der Waals surface area contributed by atoms with Crippen molar-refractivity contribution in [1.29, 1.82) is 0 Å². The van der Waals surface area contributed by atoms with Gasteiger partial charge in [-0.05, 0) is 13.0 Å². The van der Waals surface area contributed by atoms with E-state index in [0.717, 1.165) is 0 Å². The number of aliphatic hydroxyl groups is 4. The summed E-state index contributed by atoms with van der Waals surface area (Å²) in [7, 11) is 0. The normalized spacial score (nSPS) is 33.3. The van der Waals surface area contributed by atoms with Crippen molar-refractivity contribution in [2.75, 3.05) is 26.2 Å². The number of carboxylic acids is 2. The van der Waals surface area contributed by atoms with Gasteiger partial charge in [0.05, 0.1) is 49.5 Å². The van der Waals surface area contributed by atoms with Gasteiger partial charge in [0.2, 0.25) is 0 Å². The zero-order valence-electron chi connectivity index (χ0n) is 13.0. The highest BCUT2D eigenvalue weighted by Gasteiger charge is 2.49. The second-order valence-electron chi connectivity index (χ2n) is 5.63. The summed E-state index contributed by atoms with van der Waals surface area (Å²) < 4.78 is 0. The lowest BCUT2D eigenvalue weighted by atomic mass is 9.79. The van der Waals surface area contributed by atoms with Gasteiger partial charge in [0.1, 0.15) is 0 Å². The minimum atomic E-state index is -1.41. The second-order valence-corrected chi connectivity index (χ2v) is 5.63. The predicted octanol–water partition coefficient (Wildman–Crippen LogP) is -4.49. The third kappa shape index (κ3) is 5.63. The van der Waals surface area contributed by atoms with Crippen LogP contribution in [-0.4, -0.2) is 105 Å². The molecule has 9 N–H and O–H groups in total. The number of hydrogen-bond acceptors (Lipinski definition) is 9. The number of carboxylic acid groups (broad SMARTS) is 2. The Bertz CT molecular complexity index is 392. The van der Waals surface area contributed by atoms with E-state index in [1.165, 1.54) is 0 Å². The molecule has 1 fully saturated rings. The van der Waals surface area contributed by atoms with Gasteiger partial charge < -0.3 is 36.0 Å². The van der Waals surface area contributed by atoms with Crippen LogP contribution in [0.4, 0.5) is 0 Å². The molecule has 11 nitrogen and oxygen atoms in total. The van der Waals surface area contributed by atoms with Crippen molar-refractivity contribution in [2.45, 2.75) is 42.9 Å². The highest BCUT2D eigenvalue weighted by atomic mass is 16.4. The van der Waals surface area contributed by atoms with Gasteiger partial charge >= 0.3 is 11.9 Å². The van der Waals surface area contributed by atoms with E-state index in [9.17, 15) is 24.9 Å². The third-order valence-corrected chi connectivity index (χ3v) is 3.90. The van der Waals surface area contributed by atoms with E-state index in [4.69, 9.17) is 15.3 Å². The number of carbonyl (C=O) groups is 2. The molecular formula is C13H25N3O8. The SMILES string of the molecule is O=C(O)CN[C@@H]1[C@H](O)[C@H](NCC(=O)O)[C@H](O)[C@H](NCCCO)[C@@H]1O. The highest BCUT2D eigenvalue weighted by molar-refractivity contribution is 5.69. The quantitative estimate of drug-likeness (QED) is 0.172. The molecule has 0 aliphatic heterocycles. The van der Waals surface area contributed by atoms with E-state index >= 15 is 0 Å². The fraction of sp³-hybridized carbons (Fsp3) is 0.846. The lowest BCUT2D eigenvalue weighted by molar-refractivity contribution is -0.138. The molecule has 1 aliphatic carbocycles. The van der Waals surface area contributed by atoms with E-state index in [0.29, 0.717) is 6.42 Å². The Morgan fingerprint density at radius 2 is 1.12 bits per heavy atom. The maximum absolute atomic E-state index is 10.7. The van der Waals surface area contributed by atoms with Gasteiger partial charge in [-0.25, -0.2) is 0 Å². The smallest absolute Gasteiger partial charge is 0.317 e. The summed E-state index contributed by atoms with van der Waals surface area (Å²) in [6, 6.07) is -3.14. The van der Waals surface area contributed by atoms with Crippen LogP contribution in [0, 0.1) is 0 Å². The molecular weight excluding hydrogens is 326 g/mol. The lowest BCUT2D eigenvalue weighted by Gasteiger charge is -2.46. The van der Waals surface area contributed by atoms with Gasteiger partial charge in [0.25, 0.3) is 0 Å². The molecule has 0 aromatic carbocycles. The highest BCUT2D eigenvalue weighted by Crippen LogP contribution is 2.22. The molecule has 1 rings (SSSR count). The molecule has 0 aromatic heterocycles. The maximum atomic E-state index is 10.7. The average Bonchev–Trinajstić information content (AvgIpc) is 2.49. The van der Waals surface area contributed by atoms with Crippen molar-refractivity contribution >= 4 is 11.9 Å². The first-order chi connectivity index (χ1) is 11.3. The first kappa shape index (κ1) is 20.7. The van der Waals surface area contributed by atoms with E-state index in [1.807, 2.05) is 0 Å². The summed E-state index contributed by atoms with van der Waals surface area (Å²) in [5, 5.41) is 65.0. The Hall–Kier alpha value is -1.34. The molecule has 0 amide bonds. The van der Waals surface area contributed by atoms with Crippen molar-refractivity contribution in [2.24, 2.45) is 0 Å². The summed E-state index contributed by atoms with van der Waals surface area (Å²) in [4.78, 5) is 21.4. The minimum absolute atomic E-state index is 0.101. The van der Waals surface area contributed by atoms with Gasteiger partial charge in [-0.2, -0.15) is 0 Å². The van der Waals surface area contributed by atoms with Crippen LogP contribution in [0.1, 0.15) is 6.42 Å². The minimum Gasteiger partial charge on any atom is -0.480 e. The van der Waals surface area contributed by atoms with Crippen molar-refractivity contribution in [3.63, 3.8) is 0 Å². The first-order valence-corrected chi connectivity index (χ1v) is 7.58. The van der Waals surface area contributed by atoms with Gasteiger partial charge in [-0.3, -0.25) is 20.2 Å². The third-order valence-electron chi connectivity index (χ3n) is 3.90. The molecule has 0 radical (unpaired) electrons. The summed E-state index contributed by atoms with van der Waals surface area (Å²) in [5.41, 5.74) is 0. The van der Waals surface area contributed by atoms with Crippen molar-refractivity contribution in [3.05, 3.63) is 0 Å². The van der Waals surface area contributed by atoms with E-state index in [1.54, 1.807) is 0 Å². The molecule has 1 saturated carbocycles. The first-order valence-electron chi connectivity index (χ1n) is 7.58. The molecule has 140 valence electrons. The Balaban J connectivity index is 2.88. The molecule has 0 bridgehead atoms. The van der Waals surface area contributed by atoms with Crippen molar-refractivity contribution < 1.29 is 40.2 Å². The molecule has 24 heavy (non-hydrogen) atoms.